The van der Waals surface area contributed by atoms with Crippen molar-refractivity contribution in [2.24, 2.45) is 5.92 Å². The lowest BCUT2D eigenvalue weighted by atomic mass is 9.79. The van der Waals surface area contributed by atoms with Gasteiger partial charge in [0.05, 0.1) is 5.69 Å². The number of hydrogen-bond acceptors (Lipinski definition) is 4. The van der Waals surface area contributed by atoms with Crippen molar-refractivity contribution in [1.29, 1.82) is 0 Å². The van der Waals surface area contributed by atoms with Crippen molar-refractivity contribution in [1.82, 2.24) is 10.3 Å². The van der Waals surface area contributed by atoms with Crippen molar-refractivity contribution < 1.29 is 4.74 Å². The van der Waals surface area contributed by atoms with Gasteiger partial charge in [-0.15, -0.1) is 11.3 Å². The largest absolute Gasteiger partial charge is 0.368 e. The van der Waals surface area contributed by atoms with Gasteiger partial charge in [-0.25, -0.2) is 4.98 Å². The summed E-state index contributed by atoms with van der Waals surface area (Å²) < 4.78 is 6.21. The van der Waals surface area contributed by atoms with E-state index in [2.05, 4.69) is 38.4 Å². The van der Waals surface area contributed by atoms with Crippen LogP contribution in [-0.2, 0) is 10.3 Å². The van der Waals surface area contributed by atoms with E-state index in [0.717, 1.165) is 37.6 Å². The summed E-state index contributed by atoms with van der Waals surface area (Å²) in [6.07, 6.45) is 4.80. The van der Waals surface area contributed by atoms with E-state index < -0.39 is 0 Å². The maximum atomic E-state index is 6.21. The highest BCUT2D eigenvalue weighted by molar-refractivity contribution is 7.09. The van der Waals surface area contributed by atoms with E-state index in [0.29, 0.717) is 6.04 Å². The van der Waals surface area contributed by atoms with Crippen molar-refractivity contribution in [3.8, 4) is 0 Å². The zero-order valence-corrected chi connectivity index (χ0v) is 14.1. The quantitative estimate of drug-likeness (QED) is 0.852. The van der Waals surface area contributed by atoms with Gasteiger partial charge < -0.3 is 10.1 Å². The predicted octanol–water partition coefficient (Wildman–Crippen LogP) is 4.26. The van der Waals surface area contributed by atoms with Crippen LogP contribution in [0.3, 0.4) is 0 Å². The lowest BCUT2D eigenvalue weighted by molar-refractivity contribution is -0.0821. The molecule has 0 aromatic carbocycles. The Morgan fingerprint density at radius 3 is 3.00 bits per heavy atom. The van der Waals surface area contributed by atoms with Crippen molar-refractivity contribution in [3.63, 3.8) is 0 Å². The SMILES string of the molecule is CCNC(C)c1csc(C2(OCC)CCCC(C)C2)n1. The molecule has 1 heterocycles. The lowest BCUT2D eigenvalue weighted by Crippen LogP contribution is -2.35. The fourth-order valence-electron chi connectivity index (χ4n) is 3.27. The molecule has 0 spiro atoms. The van der Waals surface area contributed by atoms with Crippen LogP contribution in [0, 0.1) is 5.92 Å². The first-order valence-corrected chi connectivity index (χ1v) is 8.82. The van der Waals surface area contributed by atoms with Crippen LogP contribution in [0.15, 0.2) is 5.38 Å². The Balaban J connectivity index is 2.21. The topological polar surface area (TPSA) is 34.1 Å². The molecular formula is C16H28N2OS. The minimum Gasteiger partial charge on any atom is -0.368 e. The second kappa shape index (κ2) is 7.01. The average molecular weight is 296 g/mol. The van der Waals surface area contributed by atoms with Gasteiger partial charge in [-0.2, -0.15) is 0 Å². The Morgan fingerprint density at radius 1 is 1.55 bits per heavy atom. The monoisotopic (exact) mass is 296 g/mol. The average Bonchev–Trinajstić information content (AvgIpc) is 2.89. The first kappa shape index (κ1) is 15.9. The van der Waals surface area contributed by atoms with Crippen LogP contribution in [0.25, 0.3) is 0 Å². The molecule has 1 saturated carbocycles. The highest BCUT2D eigenvalue weighted by Crippen LogP contribution is 2.44. The van der Waals surface area contributed by atoms with E-state index >= 15 is 0 Å². The van der Waals surface area contributed by atoms with Crippen molar-refractivity contribution in [3.05, 3.63) is 16.1 Å². The molecule has 0 aliphatic heterocycles. The number of aromatic nitrogens is 1. The molecule has 0 bridgehead atoms. The van der Waals surface area contributed by atoms with Gasteiger partial charge in [0, 0.05) is 18.0 Å². The molecule has 4 heteroatoms. The number of hydrogen-bond donors (Lipinski definition) is 1. The molecule has 1 fully saturated rings. The van der Waals surface area contributed by atoms with Crippen LogP contribution < -0.4 is 5.32 Å². The van der Waals surface area contributed by atoms with Gasteiger partial charge in [-0.3, -0.25) is 0 Å². The highest BCUT2D eigenvalue weighted by atomic mass is 32.1. The van der Waals surface area contributed by atoms with Gasteiger partial charge in [0.2, 0.25) is 0 Å². The molecule has 0 amide bonds. The Labute approximate surface area is 127 Å². The molecule has 2 rings (SSSR count). The Morgan fingerprint density at radius 2 is 2.35 bits per heavy atom. The second-order valence-electron chi connectivity index (χ2n) is 5.99. The fourth-order valence-corrected chi connectivity index (χ4v) is 4.38. The summed E-state index contributed by atoms with van der Waals surface area (Å²) in [6.45, 7) is 10.5. The molecule has 3 atom stereocenters. The first-order valence-electron chi connectivity index (χ1n) is 7.94. The fraction of sp³-hybridized carbons (Fsp3) is 0.812. The third kappa shape index (κ3) is 3.41. The molecule has 0 radical (unpaired) electrons. The summed E-state index contributed by atoms with van der Waals surface area (Å²) in [4.78, 5) is 4.91. The first-order chi connectivity index (χ1) is 9.61. The van der Waals surface area contributed by atoms with E-state index in [4.69, 9.17) is 9.72 Å². The molecule has 1 aliphatic carbocycles. The third-order valence-electron chi connectivity index (χ3n) is 4.24. The van der Waals surface area contributed by atoms with Crippen molar-refractivity contribution >= 4 is 11.3 Å². The third-order valence-corrected chi connectivity index (χ3v) is 5.29. The van der Waals surface area contributed by atoms with Gasteiger partial charge >= 0.3 is 0 Å². The molecule has 1 aromatic heterocycles. The molecule has 0 saturated heterocycles. The molecule has 1 N–H and O–H groups in total. The minimum absolute atomic E-state index is 0.124. The Bertz CT molecular complexity index is 416. The molecule has 20 heavy (non-hydrogen) atoms. The summed E-state index contributed by atoms with van der Waals surface area (Å²) in [5, 5.41) is 6.82. The van der Waals surface area contributed by atoms with Crippen LogP contribution in [0.4, 0.5) is 0 Å². The lowest BCUT2D eigenvalue weighted by Gasteiger charge is -2.38. The summed E-state index contributed by atoms with van der Waals surface area (Å²) in [5.41, 5.74) is 1.03. The van der Waals surface area contributed by atoms with Crippen LogP contribution in [0.5, 0.6) is 0 Å². The van der Waals surface area contributed by atoms with Gasteiger partial charge in [-0.1, -0.05) is 20.3 Å². The number of nitrogens with zero attached hydrogens (tertiary/aromatic N) is 1. The van der Waals surface area contributed by atoms with Crippen molar-refractivity contribution in [2.75, 3.05) is 13.2 Å². The Kier molecular flexibility index (Phi) is 5.58. The normalized spacial score (nSPS) is 28.5. The van der Waals surface area contributed by atoms with E-state index in [-0.39, 0.29) is 5.60 Å². The van der Waals surface area contributed by atoms with E-state index in [9.17, 15) is 0 Å². The zero-order chi connectivity index (χ0) is 14.6. The maximum Gasteiger partial charge on any atom is 0.125 e. The summed E-state index contributed by atoms with van der Waals surface area (Å²) in [7, 11) is 0. The van der Waals surface area contributed by atoms with Crippen LogP contribution >= 0.6 is 11.3 Å². The summed E-state index contributed by atoms with van der Waals surface area (Å²) in [6, 6.07) is 0.324. The predicted molar refractivity (Wildman–Crippen MR) is 85.1 cm³/mol. The van der Waals surface area contributed by atoms with Gasteiger partial charge in [0.15, 0.2) is 0 Å². The molecule has 3 unspecified atom stereocenters. The number of nitrogens with one attached hydrogen (secondary N) is 1. The van der Waals surface area contributed by atoms with Gasteiger partial charge in [0.25, 0.3) is 0 Å². The number of ether oxygens (including phenoxy) is 1. The molecular weight excluding hydrogens is 268 g/mol. The molecule has 3 nitrogen and oxygen atoms in total. The highest BCUT2D eigenvalue weighted by Gasteiger charge is 2.40. The molecule has 1 aromatic rings. The standard InChI is InChI=1S/C16H28N2OS/c1-5-17-13(4)14-11-20-15(18-14)16(19-6-2)9-7-8-12(3)10-16/h11-13,17H,5-10H2,1-4H3. The second-order valence-corrected chi connectivity index (χ2v) is 6.84. The smallest absolute Gasteiger partial charge is 0.125 e. The van der Waals surface area contributed by atoms with Crippen molar-refractivity contribution in [2.45, 2.75) is 65.0 Å². The van der Waals surface area contributed by atoms with E-state index in [1.54, 1.807) is 11.3 Å². The number of thiazole rings is 1. The van der Waals surface area contributed by atoms with E-state index in [1.807, 2.05) is 0 Å². The van der Waals surface area contributed by atoms with E-state index in [1.165, 1.54) is 17.8 Å². The zero-order valence-electron chi connectivity index (χ0n) is 13.2. The Hall–Kier alpha value is -0.450. The summed E-state index contributed by atoms with van der Waals surface area (Å²) in [5.74, 6) is 0.730. The molecule has 1 aliphatic rings. The summed E-state index contributed by atoms with van der Waals surface area (Å²) >= 11 is 1.77. The number of rotatable bonds is 6. The van der Waals surface area contributed by atoms with Gasteiger partial charge in [-0.05, 0) is 45.6 Å². The van der Waals surface area contributed by atoms with Crippen LogP contribution in [0.2, 0.25) is 0 Å². The minimum atomic E-state index is -0.124. The molecule has 114 valence electrons. The maximum absolute atomic E-state index is 6.21. The van der Waals surface area contributed by atoms with Crippen LogP contribution in [0.1, 0.15) is 70.1 Å². The van der Waals surface area contributed by atoms with Gasteiger partial charge in [0.1, 0.15) is 10.6 Å². The van der Waals surface area contributed by atoms with Crippen LogP contribution in [-0.4, -0.2) is 18.1 Å².